The number of nitrogens with zero attached hydrogens (tertiary/aromatic N) is 2. The fourth-order valence-corrected chi connectivity index (χ4v) is 0.716. The molecule has 0 heterocycles. The predicted molar refractivity (Wildman–Crippen MR) is 55.0 cm³/mol. The highest BCUT2D eigenvalue weighted by atomic mass is 16.4. The van der Waals surface area contributed by atoms with Gasteiger partial charge in [-0.05, 0) is 12.8 Å². The van der Waals surface area contributed by atoms with Gasteiger partial charge in [-0.25, -0.2) is 4.79 Å². The molecular formula is C10H16N2O4. The summed E-state index contributed by atoms with van der Waals surface area (Å²) >= 11 is 0. The van der Waals surface area contributed by atoms with Crippen molar-refractivity contribution in [3.8, 4) is 12.1 Å². The predicted octanol–water partition coefficient (Wildman–Crippen LogP) is 0.266. The van der Waals surface area contributed by atoms with Gasteiger partial charge in [0.2, 0.25) is 5.92 Å². The van der Waals surface area contributed by atoms with Crippen molar-refractivity contribution < 1.29 is 20.1 Å². The van der Waals surface area contributed by atoms with Gasteiger partial charge in [-0.3, -0.25) is 0 Å². The number of hydrogen-bond acceptors (Lipinski definition) is 5. The maximum absolute atomic E-state index is 9.72. The van der Waals surface area contributed by atoms with Gasteiger partial charge in [-0.15, -0.1) is 0 Å². The first-order chi connectivity index (χ1) is 7.63. The lowest BCUT2D eigenvalue weighted by molar-refractivity contribution is -0.138. The van der Waals surface area contributed by atoms with E-state index in [0.29, 0.717) is 0 Å². The van der Waals surface area contributed by atoms with Crippen LogP contribution in [0.15, 0.2) is 0 Å². The Hall–Kier alpha value is -1.63. The lowest BCUT2D eigenvalue weighted by atomic mass is 10.2. The molecule has 0 aliphatic carbocycles. The first kappa shape index (κ1) is 16.8. The normalized spacial score (nSPS) is 8.56. The quantitative estimate of drug-likeness (QED) is 0.560. The average Bonchev–Trinajstić information content (AvgIpc) is 2.27. The molecule has 3 N–H and O–H groups in total. The van der Waals surface area contributed by atoms with Crippen LogP contribution in [0.1, 0.15) is 25.7 Å². The third-order valence-electron chi connectivity index (χ3n) is 1.57. The van der Waals surface area contributed by atoms with E-state index in [1.807, 2.05) is 0 Å². The van der Waals surface area contributed by atoms with Gasteiger partial charge >= 0.3 is 5.97 Å². The summed E-state index contributed by atoms with van der Waals surface area (Å²) in [6.45, 7) is 0.566. The number of aliphatic hydroxyl groups is 2. The van der Waals surface area contributed by atoms with Crippen molar-refractivity contribution in [2.45, 2.75) is 25.7 Å². The minimum atomic E-state index is -1.52. The van der Waals surface area contributed by atoms with E-state index in [2.05, 4.69) is 0 Å². The molecule has 6 heteroatoms. The van der Waals surface area contributed by atoms with Crippen molar-refractivity contribution in [1.29, 1.82) is 10.5 Å². The third kappa shape index (κ3) is 12.4. The van der Waals surface area contributed by atoms with Crippen LogP contribution in [0.2, 0.25) is 0 Å². The van der Waals surface area contributed by atoms with E-state index in [-0.39, 0.29) is 13.2 Å². The molecule has 0 saturated heterocycles. The Bertz CT molecular complexity index is 235. The molecule has 0 aromatic heterocycles. The van der Waals surface area contributed by atoms with Crippen LogP contribution >= 0.6 is 0 Å². The highest BCUT2D eigenvalue weighted by Gasteiger charge is 2.13. The summed E-state index contributed by atoms with van der Waals surface area (Å²) in [6, 6.07) is 2.58. The summed E-state index contributed by atoms with van der Waals surface area (Å²) in [6.07, 6.45) is 3.83. The maximum Gasteiger partial charge on any atom is 0.335 e. The molecule has 16 heavy (non-hydrogen) atoms. The summed E-state index contributed by atoms with van der Waals surface area (Å²) < 4.78 is 0. The van der Waals surface area contributed by atoms with E-state index in [4.69, 9.17) is 25.8 Å². The SMILES string of the molecule is N#CC(C#N)C(=O)O.OCCCCCCO. The number of carbonyl (C=O) groups is 1. The molecule has 0 aromatic rings. The lowest BCUT2D eigenvalue weighted by Gasteiger charge is -1.93. The molecule has 0 aromatic carbocycles. The molecule has 0 spiro atoms. The Labute approximate surface area is 94.4 Å². The van der Waals surface area contributed by atoms with Crippen molar-refractivity contribution in [1.82, 2.24) is 0 Å². The monoisotopic (exact) mass is 228 g/mol. The summed E-state index contributed by atoms with van der Waals surface area (Å²) in [5, 5.41) is 40.2. The Kier molecular flexibility index (Phi) is 14.0. The van der Waals surface area contributed by atoms with Gasteiger partial charge in [0.15, 0.2) is 0 Å². The number of rotatable bonds is 6. The first-order valence-corrected chi connectivity index (χ1v) is 4.87. The van der Waals surface area contributed by atoms with Crippen LogP contribution in [0.25, 0.3) is 0 Å². The van der Waals surface area contributed by atoms with Crippen LogP contribution in [0, 0.1) is 28.6 Å². The van der Waals surface area contributed by atoms with Crippen LogP contribution in [0.5, 0.6) is 0 Å². The molecule has 0 rings (SSSR count). The Balaban J connectivity index is 0. The Morgan fingerprint density at radius 1 is 1.00 bits per heavy atom. The third-order valence-corrected chi connectivity index (χ3v) is 1.57. The topological polar surface area (TPSA) is 125 Å². The smallest absolute Gasteiger partial charge is 0.335 e. The molecule has 0 atom stereocenters. The molecule has 0 unspecified atom stereocenters. The zero-order valence-corrected chi connectivity index (χ0v) is 8.96. The molecular weight excluding hydrogens is 212 g/mol. The van der Waals surface area contributed by atoms with Crippen molar-refractivity contribution in [2.24, 2.45) is 5.92 Å². The van der Waals surface area contributed by atoms with Gasteiger partial charge in [0.1, 0.15) is 0 Å². The zero-order valence-electron chi connectivity index (χ0n) is 8.96. The second kappa shape index (κ2) is 13.4. The zero-order chi connectivity index (χ0) is 12.8. The molecule has 90 valence electrons. The van der Waals surface area contributed by atoms with Gasteiger partial charge in [0, 0.05) is 13.2 Å². The van der Waals surface area contributed by atoms with Gasteiger partial charge in [0.05, 0.1) is 12.1 Å². The van der Waals surface area contributed by atoms with Gasteiger partial charge < -0.3 is 15.3 Å². The van der Waals surface area contributed by atoms with E-state index in [1.54, 1.807) is 0 Å². The van der Waals surface area contributed by atoms with Crippen LogP contribution in [0.3, 0.4) is 0 Å². The van der Waals surface area contributed by atoms with Crippen molar-refractivity contribution in [3.63, 3.8) is 0 Å². The van der Waals surface area contributed by atoms with Crippen LogP contribution in [-0.2, 0) is 4.79 Å². The fourth-order valence-electron chi connectivity index (χ4n) is 0.716. The van der Waals surface area contributed by atoms with E-state index in [9.17, 15) is 4.79 Å². The van der Waals surface area contributed by atoms with Crippen LogP contribution < -0.4 is 0 Å². The van der Waals surface area contributed by atoms with E-state index in [1.165, 1.54) is 12.1 Å². The van der Waals surface area contributed by atoms with Crippen LogP contribution in [-0.4, -0.2) is 34.5 Å². The summed E-state index contributed by atoms with van der Waals surface area (Å²) in [4.78, 5) is 9.72. The summed E-state index contributed by atoms with van der Waals surface area (Å²) in [5.74, 6) is -2.91. The second-order valence-electron chi connectivity index (χ2n) is 2.89. The molecule has 0 amide bonds. The van der Waals surface area contributed by atoms with Crippen molar-refractivity contribution in [2.75, 3.05) is 13.2 Å². The molecule has 0 bridgehead atoms. The average molecular weight is 228 g/mol. The standard InChI is InChI=1S/C6H14O2.C4H2N2O2/c7-5-3-1-2-4-6-8;5-1-3(2-6)4(7)8/h7-8H,1-6H2;3H,(H,7,8). The molecule has 0 aliphatic rings. The highest BCUT2D eigenvalue weighted by molar-refractivity contribution is 5.75. The minimum Gasteiger partial charge on any atom is -0.479 e. The minimum absolute atomic E-state index is 0.283. The molecule has 0 fully saturated rings. The van der Waals surface area contributed by atoms with Gasteiger partial charge in [-0.1, -0.05) is 12.8 Å². The van der Waals surface area contributed by atoms with Crippen molar-refractivity contribution >= 4 is 5.97 Å². The van der Waals surface area contributed by atoms with Gasteiger partial charge in [0.25, 0.3) is 0 Å². The molecule has 6 nitrogen and oxygen atoms in total. The second-order valence-corrected chi connectivity index (χ2v) is 2.89. The number of carboxylic acids is 1. The van der Waals surface area contributed by atoms with E-state index in [0.717, 1.165) is 25.7 Å². The number of unbranched alkanes of at least 4 members (excludes halogenated alkanes) is 3. The number of carboxylic acid groups (broad SMARTS) is 1. The molecule has 0 saturated carbocycles. The summed E-state index contributed by atoms with van der Waals surface area (Å²) in [5.41, 5.74) is 0. The van der Waals surface area contributed by atoms with Crippen LogP contribution in [0.4, 0.5) is 0 Å². The Morgan fingerprint density at radius 2 is 1.38 bits per heavy atom. The maximum atomic E-state index is 9.72. The first-order valence-electron chi connectivity index (χ1n) is 4.87. The number of hydrogen-bond donors (Lipinski definition) is 3. The number of aliphatic carboxylic acids is 1. The number of aliphatic hydroxyl groups excluding tert-OH is 2. The molecule has 0 aliphatic heterocycles. The Morgan fingerprint density at radius 3 is 1.50 bits per heavy atom. The van der Waals surface area contributed by atoms with E-state index < -0.39 is 11.9 Å². The molecule has 0 radical (unpaired) electrons. The summed E-state index contributed by atoms with van der Waals surface area (Å²) in [7, 11) is 0. The number of nitriles is 2. The largest absolute Gasteiger partial charge is 0.479 e. The highest BCUT2D eigenvalue weighted by Crippen LogP contribution is 1.96. The fraction of sp³-hybridized carbons (Fsp3) is 0.700. The van der Waals surface area contributed by atoms with Crippen molar-refractivity contribution in [3.05, 3.63) is 0 Å². The van der Waals surface area contributed by atoms with E-state index >= 15 is 0 Å². The van der Waals surface area contributed by atoms with Gasteiger partial charge in [-0.2, -0.15) is 10.5 Å². The lowest BCUT2D eigenvalue weighted by Crippen LogP contribution is -2.07.